The Balaban J connectivity index is 1.38. The minimum atomic E-state index is -3.95. The number of amides is 3. The van der Waals surface area contributed by atoms with Crippen LogP contribution in [-0.4, -0.2) is 26.9 Å². The van der Waals surface area contributed by atoms with Crippen LogP contribution in [0, 0.1) is 23.2 Å². The normalized spacial score (nSPS) is 29.4. The maximum absolute atomic E-state index is 13.1. The molecule has 7 nitrogen and oxygen atoms in total. The van der Waals surface area contributed by atoms with Gasteiger partial charge < -0.3 is 10.6 Å². The Labute approximate surface area is 178 Å². The van der Waals surface area contributed by atoms with E-state index in [1.54, 1.807) is 12.1 Å². The number of benzene rings is 1. The zero-order valence-corrected chi connectivity index (χ0v) is 18.3. The number of hydrogen-bond donors (Lipinski definition) is 3. The van der Waals surface area contributed by atoms with Crippen molar-refractivity contribution < 1.29 is 18.0 Å². The molecule has 4 bridgehead atoms. The summed E-state index contributed by atoms with van der Waals surface area (Å²) < 4.78 is 26.8. The maximum atomic E-state index is 13.1. The standard InChI is InChI=1S/C22H31N3O4S/c1-2-3-8-23-21(27)25-30(28,29)19-6-4-18(5-7-19)24-20(26)22-12-15-9-16(13-22)11-17(10-15)14-22/h4-7,15-17H,2-3,8-14H2,1H3,(H,24,26)(H2,23,25,27). The van der Waals surface area contributed by atoms with Gasteiger partial charge in [-0.3, -0.25) is 4.79 Å². The minimum Gasteiger partial charge on any atom is -0.337 e. The van der Waals surface area contributed by atoms with Gasteiger partial charge in [0.25, 0.3) is 10.0 Å². The second kappa shape index (κ2) is 8.21. The first-order chi connectivity index (χ1) is 14.3. The molecule has 4 aliphatic carbocycles. The summed E-state index contributed by atoms with van der Waals surface area (Å²) in [6, 6.07) is 5.26. The molecule has 0 heterocycles. The lowest BCUT2D eigenvalue weighted by molar-refractivity contribution is -0.140. The summed E-state index contributed by atoms with van der Waals surface area (Å²) in [6.45, 7) is 2.41. The fourth-order valence-corrected chi connectivity index (χ4v) is 6.89. The number of anilines is 1. The van der Waals surface area contributed by atoms with Crippen LogP contribution in [0.25, 0.3) is 0 Å². The second-order valence-electron chi connectivity index (χ2n) is 9.39. The van der Waals surface area contributed by atoms with Gasteiger partial charge in [-0.25, -0.2) is 17.9 Å². The van der Waals surface area contributed by atoms with Crippen LogP contribution in [0.15, 0.2) is 29.2 Å². The molecule has 4 aliphatic rings. The van der Waals surface area contributed by atoms with Crippen molar-refractivity contribution in [3.63, 3.8) is 0 Å². The van der Waals surface area contributed by atoms with E-state index in [4.69, 9.17) is 0 Å². The van der Waals surface area contributed by atoms with Crippen molar-refractivity contribution in [1.29, 1.82) is 0 Å². The summed E-state index contributed by atoms with van der Waals surface area (Å²) in [7, 11) is -3.95. The van der Waals surface area contributed by atoms with Crippen molar-refractivity contribution in [1.82, 2.24) is 10.0 Å². The van der Waals surface area contributed by atoms with Gasteiger partial charge in [0.1, 0.15) is 0 Å². The van der Waals surface area contributed by atoms with E-state index >= 15 is 0 Å². The molecule has 0 radical (unpaired) electrons. The van der Waals surface area contributed by atoms with Crippen LogP contribution >= 0.6 is 0 Å². The molecule has 1 aromatic rings. The van der Waals surface area contributed by atoms with Gasteiger partial charge in [0.2, 0.25) is 5.91 Å². The average Bonchev–Trinajstić information content (AvgIpc) is 2.67. The third-order valence-corrected chi connectivity index (χ3v) is 8.33. The summed E-state index contributed by atoms with van der Waals surface area (Å²) in [5, 5.41) is 5.54. The first-order valence-electron chi connectivity index (χ1n) is 11.0. The molecule has 0 unspecified atom stereocenters. The Morgan fingerprint density at radius 3 is 2.10 bits per heavy atom. The van der Waals surface area contributed by atoms with Gasteiger partial charge >= 0.3 is 6.03 Å². The monoisotopic (exact) mass is 433 g/mol. The number of carbonyl (C=O) groups is 2. The summed E-state index contributed by atoms with van der Waals surface area (Å²) >= 11 is 0. The lowest BCUT2D eigenvalue weighted by Crippen LogP contribution is -2.51. The third-order valence-electron chi connectivity index (χ3n) is 6.99. The van der Waals surface area contributed by atoms with E-state index in [0.717, 1.165) is 32.1 Å². The lowest BCUT2D eigenvalue weighted by Gasteiger charge is -2.55. The van der Waals surface area contributed by atoms with Crippen LogP contribution in [0.3, 0.4) is 0 Å². The van der Waals surface area contributed by atoms with Crippen molar-refractivity contribution in [2.45, 2.75) is 63.2 Å². The van der Waals surface area contributed by atoms with Gasteiger partial charge in [-0.05, 0) is 87.0 Å². The summed E-state index contributed by atoms with van der Waals surface area (Å²) in [5.41, 5.74) is 0.333. The SMILES string of the molecule is CCCCNC(=O)NS(=O)(=O)c1ccc(NC(=O)C23CC4CC(CC(C4)C2)C3)cc1. The molecule has 3 amide bonds. The Morgan fingerprint density at radius 1 is 1.00 bits per heavy atom. The molecule has 0 saturated heterocycles. The van der Waals surface area contributed by atoms with Crippen molar-refractivity contribution in [3.05, 3.63) is 24.3 Å². The highest BCUT2D eigenvalue weighted by Crippen LogP contribution is 2.60. The van der Waals surface area contributed by atoms with E-state index in [1.807, 2.05) is 11.6 Å². The largest absolute Gasteiger partial charge is 0.337 e. The number of sulfonamides is 1. The topological polar surface area (TPSA) is 104 Å². The van der Waals surface area contributed by atoms with Gasteiger partial charge in [-0.1, -0.05) is 13.3 Å². The molecule has 164 valence electrons. The third kappa shape index (κ3) is 4.33. The zero-order chi connectivity index (χ0) is 21.4. The first-order valence-corrected chi connectivity index (χ1v) is 12.5. The van der Waals surface area contributed by atoms with Crippen LogP contribution in [-0.2, 0) is 14.8 Å². The van der Waals surface area contributed by atoms with Gasteiger partial charge in [-0.2, -0.15) is 0 Å². The predicted molar refractivity (Wildman–Crippen MR) is 114 cm³/mol. The molecule has 30 heavy (non-hydrogen) atoms. The Morgan fingerprint density at radius 2 is 1.57 bits per heavy atom. The predicted octanol–water partition coefficient (Wildman–Crippen LogP) is 3.63. The molecule has 0 atom stereocenters. The molecule has 3 N–H and O–H groups in total. The Bertz CT molecular complexity index is 876. The number of urea groups is 1. The highest BCUT2D eigenvalue weighted by atomic mass is 32.2. The van der Waals surface area contributed by atoms with Gasteiger partial charge in [0.05, 0.1) is 10.3 Å². The minimum absolute atomic E-state index is 0.0130. The molecule has 5 rings (SSSR count). The molecular formula is C22H31N3O4S. The van der Waals surface area contributed by atoms with E-state index < -0.39 is 16.1 Å². The number of carbonyl (C=O) groups excluding carboxylic acids is 2. The molecule has 4 fully saturated rings. The second-order valence-corrected chi connectivity index (χ2v) is 11.1. The van der Waals surface area contributed by atoms with Crippen molar-refractivity contribution in [2.75, 3.05) is 11.9 Å². The maximum Gasteiger partial charge on any atom is 0.328 e. The Hall–Kier alpha value is -2.09. The van der Waals surface area contributed by atoms with Crippen LogP contribution < -0.4 is 15.4 Å². The first kappa shape index (κ1) is 21.2. The summed E-state index contributed by atoms with van der Waals surface area (Å²) in [6.07, 6.45) is 8.46. The van der Waals surface area contributed by atoms with Gasteiger partial charge in [-0.15, -0.1) is 0 Å². The van der Waals surface area contributed by atoms with Gasteiger partial charge in [0, 0.05) is 12.2 Å². The van der Waals surface area contributed by atoms with E-state index in [9.17, 15) is 18.0 Å². The van der Waals surface area contributed by atoms with E-state index in [-0.39, 0.29) is 16.2 Å². The van der Waals surface area contributed by atoms with E-state index in [0.29, 0.717) is 30.0 Å². The molecule has 8 heteroatoms. The Kier molecular flexibility index (Phi) is 5.79. The number of unbranched alkanes of at least 4 members (excludes halogenated alkanes) is 1. The van der Waals surface area contributed by atoms with Crippen molar-refractivity contribution in [3.8, 4) is 0 Å². The molecular weight excluding hydrogens is 402 g/mol. The fraction of sp³-hybridized carbons (Fsp3) is 0.636. The van der Waals surface area contributed by atoms with Crippen LogP contribution in [0.4, 0.5) is 10.5 Å². The lowest BCUT2D eigenvalue weighted by atomic mass is 9.49. The van der Waals surface area contributed by atoms with E-state index in [2.05, 4.69) is 10.6 Å². The number of nitrogens with one attached hydrogen (secondary N) is 3. The summed E-state index contributed by atoms with van der Waals surface area (Å²) in [4.78, 5) is 24.9. The molecule has 0 aromatic heterocycles. The zero-order valence-electron chi connectivity index (χ0n) is 17.4. The highest BCUT2D eigenvalue weighted by Gasteiger charge is 2.54. The quantitative estimate of drug-likeness (QED) is 0.571. The molecule has 1 aromatic carbocycles. The average molecular weight is 434 g/mol. The molecule has 0 spiro atoms. The molecule has 0 aliphatic heterocycles. The van der Waals surface area contributed by atoms with Crippen LogP contribution in [0.1, 0.15) is 58.3 Å². The van der Waals surface area contributed by atoms with Crippen LogP contribution in [0.2, 0.25) is 0 Å². The smallest absolute Gasteiger partial charge is 0.328 e. The highest BCUT2D eigenvalue weighted by molar-refractivity contribution is 7.90. The fourth-order valence-electron chi connectivity index (χ4n) is 5.97. The van der Waals surface area contributed by atoms with Gasteiger partial charge in [0.15, 0.2) is 0 Å². The number of hydrogen-bond acceptors (Lipinski definition) is 4. The number of rotatable bonds is 7. The van der Waals surface area contributed by atoms with Crippen molar-refractivity contribution in [2.24, 2.45) is 23.2 Å². The van der Waals surface area contributed by atoms with Crippen molar-refractivity contribution >= 4 is 27.6 Å². The van der Waals surface area contributed by atoms with E-state index in [1.165, 1.54) is 31.4 Å². The molecule has 4 saturated carbocycles. The van der Waals surface area contributed by atoms with Crippen LogP contribution in [0.5, 0.6) is 0 Å². The summed E-state index contributed by atoms with van der Waals surface area (Å²) in [5.74, 6) is 2.13.